The van der Waals surface area contributed by atoms with E-state index < -0.39 is 12.2 Å². The molecule has 0 radical (unpaired) electrons. The fourth-order valence-corrected chi connectivity index (χ4v) is 2.40. The Morgan fingerprint density at radius 2 is 1.75 bits per heavy atom. The number of alkyl carbamates (subject to hydrolysis) is 1. The van der Waals surface area contributed by atoms with Gasteiger partial charge < -0.3 is 20.5 Å². The van der Waals surface area contributed by atoms with E-state index in [0.29, 0.717) is 24.8 Å². The first-order valence-electron chi connectivity index (χ1n) is 8.74. The zero-order valence-corrected chi connectivity index (χ0v) is 15.3. The minimum absolute atomic E-state index is 0.225. The Labute approximate surface area is 145 Å². The molecule has 1 aromatic carbocycles. The quantitative estimate of drug-likeness (QED) is 0.614. The maximum absolute atomic E-state index is 12.0. The van der Waals surface area contributed by atoms with Crippen molar-refractivity contribution >= 4 is 6.09 Å². The molecule has 0 aromatic heterocycles. The summed E-state index contributed by atoms with van der Waals surface area (Å²) in [7, 11) is 0. The number of hydrogen-bond donors (Lipinski definition) is 3. The van der Waals surface area contributed by atoms with Gasteiger partial charge in [-0.05, 0) is 30.4 Å². The molecule has 0 fully saturated rings. The fraction of sp³-hybridized carbons (Fsp3) is 0.632. The van der Waals surface area contributed by atoms with Gasteiger partial charge in [-0.3, -0.25) is 0 Å². The number of nitrogens with one attached hydrogen (secondary N) is 2. The van der Waals surface area contributed by atoms with E-state index in [-0.39, 0.29) is 12.6 Å². The highest BCUT2D eigenvalue weighted by Crippen LogP contribution is 2.09. The van der Waals surface area contributed by atoms with E-state index in [1.54, 1.807) is 0 Å². The van der Waals surface area contributed by atoms with Gasteiger partial charge in [0.2, 0.25) is 0 Å². The molecule has 2 atom stereocenters. The van der Waals surface area contributed by atoms with Gasteiger partial charge >= 0.3 is 6.09 Å². The average molecular weight is 336 g/mol. The average Bonchev–Trinajstić information content (AvgIpc) is 2.52. The first-order chi connectivity index (χ1) is 11.4. The number of hydrogen-bond acceptors (Lipinski definition) is 4. The van der Waals surface area contributed by atoms with E-state index in [9.17, 15) is 9.90 Å². The van der Waals surface area contributed by atoms with E-state index in [2.05, 4.69) is 38.3 Å². The molecule has 1 aromatic rings. The number of aliphatic hydroxyl groups is 1. The topological polar surface area (TPSA) is 70.6 Å². The molecular weight excluding hydrogens is 304 g/mol. The van der Waals surface area contributed by atoms with Crippen LogP contribution < -0.4 is 10.6 Å². The summed E-state index contributed by atoms with van der Waals surface area (Å²) in [6.45, 7) is 9.88. The zero-order chi connectivity index (χ0) is 17.9. The molecule has 0 bridgehead atoms. The maximum Gasteiger partial charge on any atom is 0.407 e. The van der Waals surface area contributed by atoms with Crippen LogP contribution in [0.15, 0.2) is 30.3 Å². The number of carbonyl (C=O) groups is 1. The standard InChI is InChI=1S/C19H32N2O3/c1-14(2)10-17(18(22)12-20-11-15(3)4)21-19(23)24-13-16-8-6-5-7-9-16/h5-9,14-15,17-18,20,22H,10-13H2,1-4H3,(H,21,23). The summed E-state index contributed by atoms with van der Waals surface area (Å²) in [6.07, 6.45) is -0.437. The lowest BCUT2D eigenvalue weighted by Gasteiger charge is -2.26. The zero-order valence-electron chi connectivity index (χ0n) is 15.3. The van der Waals surface area contributed by atoms with Crippen LogP contribution in [0, 0.1) is 11.8 Å². The van der Waals surface area contributed by atoms with Gasteiger partial charge in [-0.25, -0.2) is 4.79 Å². The van der Waals surface area contributed by atoms with Crippen molar-refractivity contribution in [3.8, 4) is 0 Å². The smallest absolute Gasteiger partial charge is 0.407 e. The third-order valence-corrected chi connectivity index (χ3v) is 3.61. The van der Waals surface area contributed by atoms with E-state index in [1.165, 1.54) is 0 Å². The third-order valence-electron chi connectivity index (χ3n) is 3.61. The lowest BCUT2D eigenvalue weighted by atomic mass is 9.99. The molecule has 3 N–H and O–H groups in total. The van der Waals surface area contributed by atoms with Crippen LogP contribution in [0.1, 0.15) is 39.7 Å². The Morgan fingerprint density at radius 1 is 1.08 bits per heavy atom. The van der Waals surface area contributed by atoms with Gasteiger partial charge in [0, 0.05) is 6.54 Å². The van der Waals surface area contributed by atoms with Crippen molar-refractivity contribution in [2.24, 2.45) is 11.8 Å². The van der Waals surface area contributed by atoms with Crippen molar-refractivity contribution in [1.29, 1.82) is 0 Å². The van der Waals surface area contributed by atoms with Gasteiger partial charge in [0.25, 0.3) is 0 Å². The molecule has 0 saturated heterocycles. The largest absolute Gasteiger partial charge is 0.445 e. The van der Waals surface area contributed by atoms with Crippen LogP contribution in [-0.2, 0) is 11.3 Å². The molecule has 0 aliphatic carbocycles. The number of aliphatic hydroxyl groups excluding tert-OH is 1. The van der Waals surface area contributed by atoms with Gasteiger partial charge in [0.05, 0.1) is 12.1 Å². The molecule has 24 heavy (non-hydrogen) atoms. The van der Waals surface area contributed by atoms with Gasteiger partial charge in [-0.2, -0.15) is 0 Å². The molecular formula is C19H32N2O3. The van der Waals surface area contributed by atoms with Crippen LogP contribution in [0.5, 0.6) is 0 Å². The fourth-order valence-electron chi connectivity index (χ4n) is 2.40. The van der Waals surface area contributed by atoms with Crippen LogP contribution in [0.25, 0.3) is 0 Å². The molecule has 5 nitrogen and oxygen atoms in total. The summed E-state index contributed by atoms with van der Waals surface area (Å²) in [4.78, 5) is 12.0. The molecule has 0 heterocycles. The van der Waals surface area contributed by atoms with E-state index in [0.717, 1.165) is 12.1 Å². The lowest BCUT2D eigenvalue weighted by molar-refractivity contribution is 0.0934. The number of amides is 1. The molecule has 0 aliphatic heterocycles. The van der Waals surface area contributed by atoms with Crippen molar-refractivity contribution in [3.05, 3.63) is 35.9 Å². The van der Waals surface area contributed by atoms with Crippen molar-refractivity contribution in [2.75, 3.05) is 13.1 Å². The molecule has 2 unspecified atom stereocenters. The SMILES string of the molecule is CC(C)CNCC(O)C(CC(C)C)NC(=O)OCc1ccccc1. The Morgan fingerprint density at radius 3 is 2.33 bits per heavy atom. The molecule has 1 amide bonds. The molecule has 5 heteroatoms. The van der Waals surface area contributed by atoms with Crippen LogP contribution in [-0.4, -0.2) is 36.4 Å². The summed E-state index contributed by atoms with van der Waals surface area (Å²) in [5.41, 5.74) is 0.937. The lowest BCUT2D eigenvalue weighted by Crippen LogP contribution is -2.48. The summed E-state index contributed by atoms with van der Waals surface area (Å²) < 4.78 is 5.25. The second kappa shape index (κ2) is 11.0. The molecule has 0 aliphatic rings. The Kier molecular flexibility index (Phi) is 9.42. The van der Waals surface area contributed by atoms with Crippen LogP contribution in [0.4, 0.5) is 4.79 Å². The molecule has 0 spiro atoms. The highest BCUT2D eigenvalue weighted by Gasteiger charge is 2.22. The van der Waals surface area contributed by atoms with Gasteiger partial charge in [-0.15, -0.1) is 0 Å². The second-order valence-corrected chi connectivity index (χ2v) is 7.06. The van der Waals surface area contributed by atoms with Crippen molar-refractivity contribution < 1.29 is 14.6 Å². The first-order valence-corrected chi connectivity index (χ1v) is 8.74. The van der Waals surface area contributed by atoms with E-state index >= 15 is 0 Å². The molecule has 136 valence electrons. The highest BCUT2D eigenvalue weighted by atomic mass is 16.5. The number of carbonyl (C=O) groups excluding carboxylic acids is 1. The van der Waals surface area contributed by atoms with Gasteiger partial charge in [0.1, 0.15) is 6.61 Å². The minimum Gasteiger partial charge on any atom is -0.445 e. The normalized spacial score (nSPS) is 13.8. The summed E-state index contributed by atoms with van der Waals surface area (Å²) in [6, 6.07) is 9.22. The maximum atomic E-state index is 12.0. The Hall–Kier alpha value is -1.59. The van der Waals surface area contributed by atoms with Crippen LogP contribution in [0.2, 0.25) is 0 Å². The van der Waals surface area contributed by atoms with Gasteiger partial charge in [0.15, 0.2) is 0 Å². The number of benzene rings is 1. The molecule has 0 saturated carbocycles. The van der Waals surface area contributed by atoms with Crippen LogP contribution in [0.3, 0.4) is 0 Å². The highest BCUT2D eigenvalue weighted by molar-refractivity contribution is 5.67. The van der Waals surface area contributed by atoms with E-state index in [4.69, 9.17) is 4.74 Å². The first kappa shape index (κ1) is 20.5. The minimum atomic E-state index is -0.643. The predicted octanol–water partition coefficient (Wildman–Crippen LogP) is 2.93. The van der Waals surface area contributed by atoms with Crippen molar-refractivity contribution in [3.63, 3.8) is 0 Å². The van der Waals surface area contributed by atoms with Crippen molar-refractivity contribution in [2.45, 2.75) is 52.9 Å². The monoisotopic (exact) mass is 336 g/mol. The van der Waals surface area contributed by atoms with Gasteiger partial charge in [-0.1, -0.05) is 58.0 Å². The Balaban J connectivity index is 2.46. The Bertz CT molecular complexity index is 463. The van der Waals surface area contributed by atoms with Crippen molar-refractivity contribution in [1.82, 2.24) is 10.6 Å². The summed E-state index contributed by atoms with van der Waals surface area (Å²) in [5.74, 6) is 0.883. The third kappa shape index (κ3) is 8.89. The number of ether oxygens (including phenoxy) is 1. The summed E-state index contributed by atoms with van der Waals surface area (Å²) >= 11 is 0. The second-order valence-electron chi connectivity index (χ2n) is 7.06. The summed E-state index contributed by atoms with van der Waals surface area (Å²) in [5, 5.41) is 16.4. The number of rotatable bonds is 10. The molecule has 1 rings (SSSR count). The van der Waals surface area contributed by atoms with Crippen LogP contribution >= 0.6 is 0 Å². The van der Waals surface area contributed by atoms with E-state index in [1.807, 2.05) is 30.3 Å². The predicted molar refractivity (Wildman–Crippen MR) is 96.7 cm³/mol.